The van der Waals surface area contributed by atoms with Gasteiger partial charge in [-0.1, -0.05) is 30.3 Å². The number of nitrogens with one attached hydrogen (secondary N) is 1. The third-order valence-electron chi connectivity index (χ3n) is 2.74. The third-order valence-corrected chi connectivity index (χ3v) is 2.74. The van der Waals surface area contributed by atoms with Crippen molar-refractivity contribution in [3.8, 4) is 0 Å². The molecule has 0 aliphatic carbocycles. The number of rotatable bonds is 4. The van der Waals surface area contributed by atoms with Gasteiger partial charge in [0.2, 0.25) is 0 Å². The minimum absolute atomic E-state index is 0.169. The molecule has 18 heavy (non-hydrogen) atoms. The van der Waals surface area contributed by atoms with E-state index in [4.69, 9.17) is 0 Å². The predicted octanol–water partition coefficient (Wildman–Crippen LogP) is 3.52. The molecule has 0 amide bonds. The van der Waals surface area contributed by atoms with E-state index in [0.717, 1.165) is 11.3 Å². The molecule has 0 unspecified atom stereocenters. The monoisotopic (exact) mass is 242 g/mol. The van der Waals surface area contributed by atoms with Gasteiger partial charge in [-0.05, 0) is 24.6 Å². The van der Waals surface area contributed by atoms with Gasteiger partial charge in [-0.25, -0.2) is 0 Å². The van der Waals surface area contributed by atoms with Crippen LogP contribution in [0.1, 0.15) is 11.1 Å². The highest BCUT2D eigenvalue weighted by atomic mass is 16.6. The quantitative estimate of drug-likeness (QED) is 0.659. The Bertz CT molecular complexity index is 553. The highest BCUT2D eigenvalue weighted by molar-refractivity contribution is 5.46. The molecule has 92 valence electrons. The SMILES string of the molecule is Cc1ccc(CNc2ccccc2)cc1[N+](=O)[O-]. The zero-order valence-corrected chi connectivity index (χ0v) is 10.1. The van der Waals surface area contributed by atoms with Gasteiger partial charge in [-0.2, -0.15) is 0 Å². The first kappa shape index (κ1) is 12.1. The van der Waals surface area contributed by atoms with Crippen LogP contribution < -0.4 is 5.32 Å². The Morgan fingerprint density at radius 1 is 1.17 bits per heavy atom. The Morgan fingerprint density at radius 3 is 2.56 bits per heavy atom. The number of hydrogen-bond acceptors (Lipinski definition) is 3. The van der Waals surface area contributed by atoms with Crippen LogP contribution in [0.5, 0.6) is 0 Å². The number of nitro benzene ring substituents is 1. The number of nitro groups is 1. The van der Waals surface area contributed by atoms with Crippen LogP contribution in [0.2, 0.25) is 0 Å². The van der Waals surface area contributed by atoms with Gasteiger partial charge in [0.15, 0.2) is 0 Å². The van der Waals surface area contributed by atoms with E-state index >= 15 is 0 Å². The van der Waals surface area contributed by atoms with Crippen molar-refractivity contribution < 1.29 is 4.92 Å². The number of benzene rings is 2. The minimum atomic E-state index is -0.346. The van der Waals surface area contributed by atoms with Crippen LogP contribution in [0.15, 0.2) is 48.5 Å². The largest absolute Gasteiger partial charge is 0.381 e. The fourth-order valence-electron chi connectivity index (χ4n) is 1.72. The molecule has 2 rings (SSSR count). The van der Waals surface area contributed by atoms with Crippen molar-refractivity contribution in [2.45, 2.75) is 13.5 Å². The summed E-state index contributed by atoms with van der Waals surface area (Å²) < 4.78 is 0. The van der Waals surface area contributed by atoms with E-state index in [9.17, 15) is 10.1 Å². The van der Waals surface area contributed by atoms with Gasteiger partial charge in [0.05, 0.1) is 4.92 Å². The number of anilines is 1. The van der Waals surface area contributed by atoms with E-state index in [1.165, 1.54) is 0 Å². The van der Waals surface area contributed by atoms with Crippen LogP contribution in [0, 0.1) is 17.0 Å². The van der Waals surface area contributed by atoms with Crippen LogP contribution >= 0.6 is 0 Å². The van der Waals surface area contributed by atoms with Gasteiger partial charge in [0.1, 0.15) is 0 Å². The molecule has 4 heteroatoms. The molecule has 0 aliphatic heterocycles. The van der Waals surface area contributed by atoms with Crippen molar-refractivity contribution in [3.05, 3.63) is 69.8 Å². The van der Waals surface area contributed by atoms with Gasteiger partial charge >= 0.3 is 0 Å². The van der Waals surface area contributed by atoms with Crippen molar-refractivity contribution in [2.24, 2.45) is 0 Å². The summed E-state index contributed by atoms with van der Waals surface area (Å²) in [5, 5.41) is 14.1. The molecular weight excluding hydrogens is 228 g/mol. The van der Waals surface area contributed by atoms with E-state index in [-0.39, 0.29) is 10.6 Å². The lowest BCUT2D eigenvalue weighted by Crippen LogP contribution is -2.00. The Labute approximate surface area is 105 Å². The van der Waals surface area contributed by atoms with E-state index in [0.29, 0.717) is 12.1 Å². The summed E-state index contributed by atoms with van der Waals surface area (Å²) in [6, 6.07) is 15.1. The summed E-state index contributed by atoms with van der Waals surface area (Å²) in [6.07, 6.45) is 0. The molecule has 1 N–H and O–H groups in total. The normalized spacial score (nSPS) is 10.1. The Hall–Kier alpha value is -2.36. The molecule has 2 aromatic rings. The molecule has 0 heterocycles. The zero-order valence-electron chi connectivity index (χ0n) is 10.1. The van der Waals surface area contributed by atoms with Gasteiger partial charge in [0, 0.05) is 23.9 Å². The molecule has 0 bridgehead atoms. The average molecular weight is 242 g/mol. The summed E-state index contributed by atoms with van der Waals surface area (Å²) >= 11 is 0. The Kier molecular flexibility index (Phi) is 3.57. The summed E-state index contributed by atoms with van der Waals surface area (Å²) in [5.41, 5.74) is 2.75. The first-order valence-electron chi connectivity index (χ1n) is 5.69. The lowest BCUT2D eigenvalue weighted by Gasteiger charge is -2.07. The number of hydrogen-bond donors (Lipinski definition) is 1. The van der Waals surface area contributed by atoms with Crippen molar-refractivity contribution in [2.75, 3.05) is 5.32 Å². The van der Waals surface area contributed by atoms with Gasteiger partial charge in [-0.15, -0.1) is 0 Å². The number of para-hydroxylation sites is 1. The predicted molar refractivity (Wildman–Crippen MR) is 71.6 cm³/mol. The van der Waals surface area contributed by atoms with Crippen LogP contribution in [0.4, 0.5) is 11.4 Å². The minimum Gasteiger partial charge on any atom is -0.381 e. The summed E-state index contributed by atoms with van der Waals surface area (Å²) in [5.74, 6) is 0. The van der Waals surface area contributed by atoms with Crippen LogP contribution in [-0.2, 0) is 6.54 Å². The molecule has 0 atom stereocenters. The topological polar surface area (TPSA) is 55.2 Å². The smallest absolute Gasteiger partial charge is 0.272 e. The first-order chi connectivity index (χ1) is 8.66. The molecule has 0 saturated heterocycles. The Balaban J connectivity index is 2.11. The second-order valence-electron chi connectivity index (χ2n) is 4.10. The second-order valence-corrected chi connectivity index (χ2v) is 4.10. The molecule has 0 aromatic heterocycles. The van der Waals surface area contributed by atoms with Crippen molar-refractivity contribution in [1.29, 1.82) is 0 Å². The zero-order chi connectivity index (χ0) is 13.0. The van der Waals surface area contributed by atoms with Gasteiger partial charge in [-0.3, -0.25) is 10.1 Å². The molecule has 0 aliphatic rings. The highest BCUT2D eigenvalue weighted by Crippen LogP contribution is 2.20. The lowest BCUT2D eigenvalue weighted by atomic mass is 10.1. The maximum absolute atomic E-state index is 10.8. The summed E-state index contributed by atoms with van der Waals surface area (Å²) in [4.78, 5) is 10.5. The summed E-state index contributed by atoms with van der Waals surface area (Å²) in [7, 11) is 0. The second kappa shape index (κ2) is 5.31. The fraction of sp³-hybridized carbons (Fsp3) is 0.143. The van der Waals surface area contributed by atoms with Crippen molar-refractivity contribution in [3.63, 3.8) is 0 Å². The lowest BCUT2D eigenvalue weighted by molar-refractivity contribution is -0.385. The van der Waals surface area contributed by atoms with Crippen LogP contribution in [0.25, 0.3) is 0 Å². The average Bonchev–Trinajstić information content (AvgIpc) is 2.38. The van der Waals surface area contributed by atoms with Crippen molar-refractivity contribution >= 4 is 11.4 Å². The molecular formula is C14H14N2O2. The van der Waals surface area contributed by atoms with Crippen molar-refractivity contribution in [1.82, 2.24) is 0 Å². The number of aryl methyl sites for hydroxylation is 1. The van der Waals surface area contributed by atoms with E-state index in [1.54, 1.807) is 19.1 Å². The highest BCUT2D eigenvalue weighted by Gasteiger charge is 2.10. The Morgan fingerprint density at radius 2 is 1.89 bits per heavy atom. The molecule has 0 saturated carbocycles. The fourth-order valence-corrected chi connectivity index (χ4v) is 1.72. The first-order valence-corrected chi connectivity index (χ1v) is 5.69. The van der Waals surface area contributed by atoms with Crippen LogP contribution in [-0.4, -0.2) is 4.92 Å². The number of nitrogens with zero attached hydrogens (tertiary/aromatic N) is 1. The molecule has 0 radical (unpaired) electrons. The van der Waals surface area contributed by atoms with E-state index in [1.807, 2.05) is 36.4 Å². The third kappa shape index (κ3) is 2.85. The summed E-state index contributed by atoms with van der Waals surface area (Å²) in [6.45, 7) is 2.32. The molecule has 4 nitrogen and oxygen atoms in total. The standard InChI is InChI=1S/C14H14N2O2/c1-11-7-8-12(9-14(11)16(17)18)10-15-13-5-3-2-4-6-13/h2-9,15H,10H2,1H3. The molecule has 0 fully saturated rings. The maximum atomic E-state index is 10.8. The molecule has 0 spiro atoms. The molecule has 2 aromatic carbocycles. The van der Waals surface area contributed by atoms with E-state index in [2.05, 4.69) is 5.32 Å². The van der Waals surface area contributed by atoms with Gasteiger partial charge in [0.25, 0.3) is 5.69 Å². The van der Waals surface area contributed by atoms with E-state index < -0.39 is 0 Å². The maximum Gasteiger partial charge on any atom is 0.272 e. The van der Waals surface area contributed by atoms with Gasteiger partial charge < -0.3 is 5.32 Å². The van der Waals surface area contributed by atoms with Crippen LogP contribution in [0.3, 0.4) is 0 Å².